The maximum absolute atomic E-state index is 12.2. The first-order valence-corrected chi connectivity index (χ1v) is 7.14. The fourth-order valence-corrected chi connectivity index (χ4v) is 3.45. The maximum Gasteiger partial charge on any atom is 0.261 e. The molecule has 1 aliphatic rings. The standard InChI is InChI=1S/C13H13N3O4S/c1-6-8(4-15-20-6)12(18)16-13-10(11(14)17)7-2-3-19-5-9(7)21-13/h4H,2-3,5H2,1H3,(H2,14,17)(H,16,18). The van der Waals surface area contributed by atoms with Crippen LogP contribution in [0.4, 0.5) is 5.00 Å². The Morgan fingerprint density at radius 1 is 1.48 bits per heavy atom. The summed E-state index contributed by atoms with van der Waals surface area (Å²) in [6.07, 6.45) is 1.96. The minimum atomic E-state index is -0.549. The molecule has 0 aromatic carbocycles. The number of hydrogen-bond donors (Lipinski definition) is 2. The van der Waals surface area contributed by atoms with E-state index < -0.39 is 5.91 Å². The summed E-state index contributed by atoms with van der Waals surface area (Å²) in [6, 6.07) is 0. The van der Waals surface area contributed by atoms with E-state index in [1.807, 2.05) is 0 Å². The number of hydrogen-bond acceptors (Lipinski definition) is 6. The van der Waals surface area contributed by atoms with Crippen molar-refractivity contribution in [3.05, 3.63) is 33.5 Å². The van der Waals surface area contributed by atoms with Crippen molar-refractivity contribution in [2.45, 2.75) is 20.0 Å². The number of amides is 2. The molecule has 0 saturated carbocycles. The summed E-state index contributed by atoms with van der Waals surface area (Å²) in [4.78, 5) is 24.8. The second kappa shape index (κ2) is 5.30. The summed E-state index contributed by atoms with van der Waals surface area (Å²) in [5.41, 5.74) is 7.03. The molecule has 8 heteroatoms. The number of nitrogens with one attached hydrogen (secondary N) is 1. The average molecular weight is 307 g/mol. The number of aromatic nitrogens is 1. The Bertz CT molecular complexity index is 719. The number of primary amides is 1. The normalized spacial score (nSPS) is 13.8. The van der Waals surface area contributed by atoms with Gasteiger partial charge in [-0.3, -0.25) is 9.59 Å². The summed E-state index contributed by atoms with van der Waals surface area (Å²) in [6.45, 7) is 2.62. The van der Waals surface area contributed by atoms with Crippen LogP contribution >= 0.6 is 11.3 Å². The van der Waals surface area contributed by atoms with E-state index in [9.17, 15) is 9.59 Å². The van der Waals surface area contributed by atoms with Crippen LogP contribution in [0.3, 0.4) is 0 Å². The predicted molar refractivity (Wildman–Crippen MR) is 75.4 cm³/mol. The lowest BCUT2D eigenvalue weighted by Gasteiger charge is -2.12. The molecule has 21 heavy (non-hydrogen) atoms. The van der Waals surface area contributed by atoms with Crippen molar-refractivity contribution < 1.29 is 18.8 Å². The highest BCUT2D eigenvalue weighted by Gasteiger charge is 2.26. The maximum atomic E-state index is 12.2. The van der Waals surface area contributed by atoms with Crippen LogP contribution in [0.5, 0.6) is 0 Å². The molecule has 3 N–H and O–H groups in total. The molecule has 0 saturated heterocycles. The van der Waals surface area contributed by atoms with Crippen LogP contribution in [0.15, 0.2) is 10.7 Å². The van der Waals surface area contributed by atoms with Gasteiger partial charge in [0.25, 0.3) is 11.8 Å². The van der Waals surface area contributed by atoms with Crippen molar-refractivity contribution in [3.63, 3.8) is 0 Å². The third kappa shape index (κ3) is 2.43. The van der Waals surface area contributed by atoms with Gasteiger partial charge < -0.3 is 20.3 Å². The molecule has 0 unspecified atom stereocenters. The number of anilines is 1. The molecule has 0 atom stereocenters. The fourth-order valence-electron chi connectivity index (χ4n) is 2.27. The van der Waals surface area contributed by atoms with Crippen molar-refractivity contribution in [2.24, 2.45) is 5.73 Å². The Labute approximate surface area is 124 Å². The number of carbonyl (C=O) groups excluding carboxylic acids is 2. The number of aryl methyl sites for hydroxylation is 1. The fraction of sp³-hybridized carbons (Fsp3) is 0.308. The van der Waals surface area contributed by atoms with Crippen molar-refractivity contribution in [1.82, 2.24) is 5.16 Å². The monoisotopic (exact) mass is 307 g/mol. The van der Waals surface area contributed by atoms with Gasteiger partial charge in [-0.1, -0.05) is 5.16 Å². The van der Waals surface area contributed by atoms with E-state index in [1.54, 1.807) is 6.92 Å². The minimum absolute atomic E-state index is 0.327. The molecule has 1 aliphatic heterocycles. The van der Waals surface area contributed by atoms with E-state index in [-0.39, 0.29) is 5.91 Å². The van der Waals surface area contributed by atoms with Crippen LogP contribution in [-0.4, -0.2) is 23.6 Å². The van der Waals surface area contributed by atoms with Gasteiger partial charge in [0.1, 0.15) is 16.3 Å². The minimum Gasteiger partial charge on any atom is -0.376 e. The van der Waals surface area contributed by atoms with Gasteiger partial charge in [0, 0.05) is 4.88 Å². The highest BCUT2D eigenvalue weighted by Crippen LogP contribution is 2.36. The molecule has 0 radical (unpaired) electrons. The number of ether oxygens (including phenoxy) is 1. The first-order valence-electron chi connectivity index (χ1n) is 6.32. The van der Waals surface area contributed by atoms with E-state index in [4.69, 9.17) is 15.0 Å². The third-order valence-corrected chi connectivity index (χ3v) is 4.41. The van der Waals surface area contributed by atoms with Crippen LogP contribution in [0.2, 0.25) is 0 Å². The van der Waals surface area contributed by atoms with Gasteiger partial charge in [0.05, 0.1) is 25.0 Å². The Morgan fingerprint density at radius 2 is 2.29 bits per heavy atom. The van der Waals surface area contributed by atoms with Crippen molar-refractivity contribution in [3.8, 4) is 0 Å². The van der Waals surface area contributed by atoms with Crippen LogP contribution in [0.1, 0.15) is 36.9 Å². The highest BCUT2D eigenvalue weighted by molar-refractivity contribution is 7.17. The lowest BCUT2D eigenvalue weighted by Crippen LogP contribution is -2.19. The highest BCUT2D eigenvalue weighted by atomic mass is 32.1. The van der Waals surface area contributed by atoms with Crippen LogP contribution in [0.25, 0.3) is 0 Å². The number of rotatable bonds is 3. The third-order valence-electron chi connectivity index (χ3n) is 3.29. The predicted octanol–water partition coefficient (Wildman–Crippen LogP) is 1.47. The molecule has 7 nitrogen and oxygen atoms in total. The molecule has 0 aliphatic carbocycles. The number of carbonyl (C=O) groups is 2. The van der Waals surface area contributed by atoms with Gasteiger partial charge in [-0.15, -0.1) is 11.3 Å². The summed E-state index contributed by atoms with van der Waals surface area (Å²) in [5, 5.41) is 6.73. The molecule has 2 aromatic heterocycles. The van der Waals surface area contributed by atoms with E-state index in [0.29, 0.717) is 41.5 Å². The van der Waals surface area contributed by atoms with Crippen molar-refractivity contribution >= 4 is 28.2 Å². The number of thiophene rings is 1. The topological polar surface area (TPSA) is 107 Å². The Kier molecular flexibility index (Phi) is 3.48. The van der Waals surface area contributed by atoms with Gasteiger partial charge in [-0.25, -0.2) is 0 Å². The molecule has 0 fully saturated rings. The summed E-state index contributed by atoms with van der Waals surface area (Å²) < 4.78 is 10.2. The van der Waals surface area contributed by atoms with Gasteiger partial charge in [-0.2, -0.15) is 0 Å². The number of fused-ring (bicyclic) bond motifs is 1. The van der Waals surface area contributed by atoms with Crippen LogP contribution in [-0.2, 0) is 17.8 Å². The van der Waals surface area contributed by atoms with Crippen LogP contribution in [0, 0.1) is 6.92 Å². The summed E-state index contributed by atoms with van der Waals surface area (Å²) in [5.74, 6) is -0.514. The first-order chi connectivity index (χ1) is 10.1. The number of nitrogens with two attached hydrogens (primary N) is 1. The molecule has 2 amide bonds. The quantitative estimate of drug-likeness (QED) is 0.892. The summed E-state index contributed by atoms with van der Waals surface area (Å²) >= 11 is 1.31. The lowest BCUT2D eigenvalue weighted by atomic mass is 10.1. The van der Waals surface area contributed by atoms with E-state index in [1.165, 1.54) is 17.5 Å². The zero-order valence-electron chi connectivity index (χ0n) is 11.3. The second-order valence-electron chi connectivity index (χ2n) is 4.62. The molecule has 3 heterocycles. The molecular weight excluding hydrogens is 294 g/mol. The zero-order chi connectivity index (χ0) is 15.0. The molecular formula is C13H13N3O4S. The van der Waals surface area contributed by atoms with E-state index in [0.717, 1.165) is 10.4 Å². The van der Waals surface area contributed by atoms with E-state index >= 15 is 0 Å². The average Bonchev–Trinajstić information content (AvgIpc) is 3.01. The summed E-state index contributed by atoms with van der Waals surface area (Å²) in [7, 11) is 0. The molecule has 3 rings (SSSR count). The smallest absolute Gasteiger partial charge is 0.261 e. The zero-order valence-corrected chi connectivity index (χ0v) is 12.1. The van der Waals surface area contributed by atoms with Crippen LogP contribution < -0.4 is 11.1 Å². The first kappa shape index (κ1) is 13.8. The molecule has 2 aromatic rings. The largest absolute Gasteiger partial charge is 0.376 e. The molecule has 0 spiro atoms. The second-order valence-corrected chi connectivity index (χ2v) is 5.73. The Morgan fingerprint density at radius 3 is 2.95 bits per heavy atom. The SMILES string of the molecule is Cc1oncc1C(=O)Nc1sc2c(c1C(N)=O)CCOC2. The Balaban J connectivity index is 1.95. The molecule has 110 valence electrons. The van der Waals surface area contributed by atoms with Gasteiger partial charge in [-0.05, 0) is 18.9 Å². The van der Waals surface area contributed by atoms with Gasteiger partial charge in [0.2, 0.25) is 0 Å². The van der Waals surface area contributed by atoms with Crippen molar-refractivity contribution in [1.29, 1.82) is 0 Å². The van der Waals surface area contributed by atoms with Gasteiger partial charge in [0.15, 0.2) is 0 Å². The van der Waals surface area contributed by atoms with Crippen molar-refractivity contribution in [2.75, 3.05) is 11.9 Å². The van der Waals surface area contributed by atoms with E-state index in [2.05, 4.69) is 10.5 Å². The Hall–Kier alpha value is -2.19. The number of nitrogens with zero attached hydrogens (tertiary/aromatic N) is 1. The molecule has 0 bridgehead atoms. The van der Waals surface area contributed by atoms with Gasteiger partial charge >= 0.3 is 0 Å². The lowest BCUT2D eigenvalue weighted by molar-refractivity contribution is 0.0991.